The molecule has 316 valence electrons. The molecule has 1 amide bonds. The van der Waals surface area contributed by atoms with E-state index in [1.165, 1.54) is 59.4 Å². The number of allylic oxidation sites excluding steroid dienone is 2. The normalized spacial score (nSPS) is 29.2. The number of fused-ring (bicyclic) bond motifs is 14. The molecule has 3 aliphatic rings. The molecule has 0 radical (unpaired) electrons. The van der Waals surface area contributed by atoms with Gasteiger partial charge in [0.2, 0.25) is 0 Å². The maximum Gasteiger partial charge on any atom is 0.312 e. The van der Waals surface area contributed by atoms with Crippen molar-refractivity contribution in [3.8, 4) is 23.0 Å². The molecule has 0 spiro atoms. The number of carbonyl (C=O) groups excluding carboxylic acids is 3. The number of methoxy groups -OCH3 is 1. The molecule has 9 unspecified atom stereocenters. The number of ketones is 1. The average Bonchev–Trinajstić information content (AvgIpc) is 3.46. The molecule has 3 heterocycles. The fourth-order valence-electron chi connectivity index (χ4n) is 7.54. The van der Waals surface area contributed by atoms with Gasteiger partial charge in [0.25, 0.3) is 11.7 Å². The molecule has 14 nitrogen and oxygen atoms in total. The Morgan fingerprint density at radius 1 is 0.932 bits per heavy atom. The number of benzene rings is 3. The summed E-state index contributed by atoms with van der Waals surface area (Å²) in [5.74, 6) is -8.65. The first-order valence-corrected chi connectivity index (χ1v) is 19.5. The van der Waals surface area contributed by atoms with E-state index in [9.17, 15) is 39.9 Å². The molecule has 3 aromatic carbocycles. The lowest BCUT2D eigenvalue weighted by Crippen LogP contribution is -2.46. The number of aliphatic hydroxyl groups excluding tert-OH is 2. The summed E-state index contributed by atoms with van der Waals surface area (Å²) in [7, 11) is 1.43. The van der Waals surface area contributed by atoms with Gasteiger partial charge in [-0.15, -0.1) is 0 Å². The number of nitrogens with one attached hydrogen (secondary N) is 1. The monoisotopic (exact) mass is 834 g/mol. The van der Waals surface area contributed by atoms with Crippen LogP contribution in [0.2, 0.25) is 5.02 Å². The van der Waals surface area contributed by atoms with Crippen molar-refractivity contribution >= 4 is 57.6 Å². The standard InChI is InChI=1S/C44H51ClN2O12/c1-20-11-10-12-21(2)43(55)47-34-29(19-46-28-15-13-27(45)14-16-28)38(52)31-32(39(34)53)37(51)25(6)41-33(31)42(54)44(8,59-41)57-18-17-30(56-9)22(3)40(58-26(7)48)24(5)36(50)23(4)35(20)49/h10-20,22-24,30,35-36,40,49-53H,1-9H3,(H,47,55)/b11-10+,18-17+,21-12?,46-19?. The number of esters is 1. The van der Waals surface area contributed by atoms with Gasteiger partial charge in [0.15, 0.2) is 5.75 Å². The molecular formula is C44H51ClN2O12. The van der Waals surface area contributed by atoms with Crippen molar-refractivity contribution < 1.29 is 58.9 Å². The Hall–Kier alpha value is -5.41. The zero-order chi connectivity index (χ0) is 43.7. The van der Waals surface area contributed by atoms with Crippen molar-refractivity contribution in [2.75, 3.05) is 12.4 Å². The third-order valence-corrected chi connectivity index (χ3v) is 11.5. The molecule has 59 heavy (non-hydrogen) atoms. The van der Waals surface area contributed by atoms with Crippen LogP contribution < -0.4 is 10.1 Å². The number of amides is 1. The zero-order valence-electron chi connectivity index (χ0n) is 34.3. The number of hydrogen-bond donors (Lipinski definition) is 6. The molecule has 9 atom stereocenters. The number of ether oxygens (including phenoxy) is 4. The fourth-order valence-corrected chi connectivity index (χ4v) is 7.66. The number of carbonyl (C=O) groups is 3. The van der Waals surface area contributed by atoms with E-state index in [4.69, 9.17) is 30.5 Å². The highest BCUT2D eigenvalue weighted by Gasteiger charge is 2.50. The molecular weight excluding hydrogens is 784 g/mol. The zero-order valence-corrected chi connectivity index (χ0v) is 35.1. The van der Waals surface area contributed by atoms with Crippen LogP contribution >= 0.6 is 11.6 Å². The number of nitrogens with zero attached hydrogens (tertiary/aromatic N) is 1. The SMILES string of the molecule is COC1/C=C/OC2(C)Oc3c(C)c(O)c4c(O)c(c(C=Nc5ccc(Cl)cc5)c(O)c4c3C2=O)NC(=O)C(C)=C/C=C/C(C)C(O)C(C)C(O)C(C)C(OC(C)=O)C1C. The molecule has 0 saturated heterocycles. The fraction of sp³-hybridized carbons (Fsp3) is 0.409. The van der Waals surface area contributed by atoms with Crippen molar-refractivity contribution in [3.63, 3.8) is 0 Å². The van der Waals surface area contributed by atoms with Crippen LogP contribution in [0.5, 0.6) is 23.0 Å². The summed E-state index contributed by atoms with van der Waals surface area (Å²) in [6.07, 6.45) is 4.62. The van der Waals surface area contributed by atoms with Crippen molar-refractivity contribution in [1.29, 1.82) is 0 Å². The molecule has 5 bridgehead atoms. The molecule has 6 N–H and O–H groups in total. The van der Waals surface area contributed by atoms with Gasteiger partial charge in [-0.2, -0.15) is 0 Å². The number of phenols is 3. The molecule has 0 fully saturated rings. The Balaban J connectivity index is 1.73. The maximum atomic E-state index is 14.4. The van der Waals surface area contributed by atoms with Crippen LogP contribution in [-0.2, 0) is 23.8 Å². The summed E-state index contributed by atoms with van der Waals surface area (Å²) in [4.78, 5) is 44.9. The van der Waals surface area contributed by atoms with Gasteiger partial charge in [-0.1, -0.05) is 57.5 Å². The average molecular weight is 835 g/mol. The molecule has 6 rings (SSSR count). The Bertz CT molecular complexity index is 2250. The Labute approximate surface area is 347 Å². The number of anilines is 1. The molecule has 0 aliphatic carbocycles. The predicted octanol–water partition coefficient (Wildman–Crippen LogP) is 7.16. The van der Waals surface area contributed by atoms with Crippen LogP contribution in [-0.4, -0.2) is 86.7 Å². The number of aromatic hydroxyl groups is 3. The minimum absolute atomic E-state index is 0.0316. The minimum Gasteiger partial charge on any atom is -0.507 e. The van der Waals surface area contributed by atoms with Gasteiger partial charge in [-0.05, 0) is 44.2 Å². The quantitative estimate of drug-likeness (QED) is 0.0669. The van der Waals surface area contributed by atoms with Crippen LogP contribution in [0.4, 0.5) is 11.4 Å². The number of aliphatic hydroxyl groups is 2. The summed E-state index contributed by atoms with van der Waals surface area (Å²) in [5.41, 5.74) is -0.173. The van der Waals surface area contributed by atoms with Gasteiger partial charge in [0, 0.05) is 72.4 Å². The highest BCUT2D eigenvalue weighted by Crippen LogP contribution is 2.55. The number of Topliss-reactive ketones (excluding diaryl/α,β-unsaturated/α-hetero) is 1. The van der Waals surface area contributed by atoms with E-state index >= 15 is 0 Å². The van der Waals surface area contributed by atoms with Crippen LogP contribution in [0.3, 0.4) is 0 Å². The van der Waals surface area contributed by atoms with E-state index in [0.29, 0.717) is 10.7 Å². The molecule has 3 aliphatic heterocycles. The van der Waals surface area contributed by atoms with Crippen molar-refractivity contribution in [2.24, 2.45) is 28.7 Å². The van der Waals surface area contributed by atoms with Crippen molar-refractivity contribution in [1.82, 2.24) is 0 Å². The molecule has 15 heteroatoms. The third-order valence-electron chi connectivity index (χ3n) is 11.2. The number of hydrogen-bond acceptors (Lipinski definition) is 13. The number of phenolic OH excluding ortho intramolecular Hbond substituents is 3. The molecule has 3 aromatic rings. The van der Waals surface area contributed by atoms with Crippen LogP contribution in [0.1, 0.15) is 70.0 Å². The third kappa shape index (κ3) is 8.81. The second-order valence-corrected chi connectivity index (χ2v) is 15.8. The van der Waals surface area contributed by atoms with E-state index < -0.39 is 88.8 Å². The number of aliphatic imine (C=N–C) groups is 1. The Morgan fingerprint density at radius 2 is 1.59 bits per heavy atom. The van der Waals surface area contributed by atoms with Crippen molar-refractivity contribution in [2.45, 2.75) is 85.6 Å². The van der Waals surface area contributed by atoms with Gasteiger partial charge in [0.05, 0.1) is 52.5 Å². The first-order valence-electron chi connectivity index (χ1n) is 19.1. The van der Waals surface area contributed by atoms with E-state index in [1.54, 1.807) is 64.1 Å². The first kappa shape index (κ1) is 44.7. The lowest BCUT2D eigenvalue weighted by molar-refractivity contribution is -0.160. The second-order valence-electron chi connectivity index (χ2n) is 15.4. The van der Waals surface area contributed by atoms with Gasteiger partial charge >= 0.3 is 11.8 Å². The highest BCUT2D eigenvalue weighted by molar-refractivity contribution is 6.30. The summed E-state index contributed by atoms with van der Waals surface area (Å²) >= 11 is 6.05. The van der Waals surface area contributed by atoms with Gasteiger partial charge < -0.3 is 49.8 Å². The van der Waals surface area contributed by atoms with Gasteiger partial charge in [-0.25, -0.2) is 0 Å². The highest BCUT2D eigenvalue weighted by atomic mass is 35.5. The van der Waals surface area contributed by atoms with Crippen LogP contribution in [0.15, 0.2) is 65.4 Å². The molecule has 0 saturated carbocycles. The largest absolute Gasteiger partial charge is 0.507 e. The molecule has 0 aromatic heterocycles. The van der Waals surface area contributed by atoms with Gasteiger partial charge in [-0.3, -0.25) is 19.4 Å². The van der Waals surface area contributed by atoms with Crippen LogP contribution in [0, 0.1) is 30.6 Å². The number of halogens is 1. The summed E-state index contributed by atoms with van der Waals surface area (Å²) in [6, 6.07) is 6.39. The summed E-state index contributed by atoms with van der Waals surface area (Å²) in [6.45, 7) is 12.4. The lowest BCUT2D eigenvalue weighted by Gasteiger charge is -2.38. The van der Waals surface area contributed by atoms with E-state index in [0.717, 1.165) is 0 Å². The van der Waals surface area contributed by atoms with Crippen LogP contribution in [0.25, 0.3) is 10.8 Å². The minimum atomic E-state index is -2.07. The van der Waals surface area contributed by atoms with E-state index in [1.807, 2.05) is 0 Å². The lowest BCUT2D eigenvalue weighted by atomic mass is 9.78. The second kappa shape index (κ2) is 17.8. The van der Waals surface area contributed by atoms with Gasteiger partial charge in [0.1, 0.15) is 23.4 Å². The topological polar surface area (TPSA) is 214 Å². The van der Waals surface area contributed by atoms with Crippen molar-refractivity contribution in [3.05, 3.63) is 82.1 Å². The van der Waals surface area contributed by atoms with E-state index in [-0.39, 0.29) is 44.5 Å². The summed E-state index contributed by atoms with van der Waals surface area (Å²) in [5, 5.41) is 60.7. The Kier molecular flexibility index (Phi) is 13.5. The Morgan fingerprint density at radius 3 is 2.22 bits per heavy atom. The number of rotatable bonds is 4. The first-order chi connectivity index (χ1) is 27.7. The summed E-state index contributed by atoms with van der Waals surface area (Å²) < 4.78 is 23.5. The van der Waals surface area contributed by atoms with E-state index in [2.05, 4.69) is 10.3 Å². The predicted molar refractivity (Wildman–Crippen MR) is 223 cm³/mol. The maximum absolute atomic E-state index is 14.4. The smallest absolute Gasteiger partial charge is 0.312 e.